The molecule has 0 aliphatic carbocycles. The molecule has 3 aromatic rings. The van der Waals surface area contributed by atoms with Crippen LogP contribution in [-0.4, -0.2) is 36.4 Å². The van der Waals surface area contributed by atoms with E-state index in [2.05, 4.69) is 10.1 Å². The fourth-order valence-corrected chi connectivity index (χ4v) is 4.74. The van der Waals surface area contributed by atoms with Gasteiger partial charge < -0.3 is 4.74 Å². The second kappa shape index (κ2) is 8.62. The highest BCUT2D eigenvalue weighted by molar-refractivity contribution is 7.86. The van der Waals surface area contributed by atoms with E-state index in [0.717, 1.165) is 12.1 Å². The average Bonchev–Trinajstić information content (AvgIpc) is 3.38. The van der Waals surface area contributed by atoms with Gasteiger partial charge in [-0.25, -0.2) is 18.4 Å². The zero-order chi connectivity index (χ0) is 22.1. The van der Waals surface area contributed by atoms with Gasteiger partial charge in [-0.1, -0.05) is 17.7 Å². The predicted molar refractivity (Wildman–Crippen MR) is 107 cm³/mol. The Balaban J connectivity index is 1.53. The summed E-state index contributed by atoms with van der Waals surface area (Å²) in [5.74, 6) is -1.81. The number of hydrogen-bond acceptors (Lipinski definition) is 6. The maximum atomic E-state index is 14.6. The van der Waals surface area contributed by atoms with E-state index in [0.29, 0.717) is 5.02 Å². The van der Waals surface area contributed by atoms with Gasteiger partial charge in [0.05, 0.1) is 24.7 Å². The highest BCUT2D eigenvalue weighted by atomic mass is 35.5. The van der Waals surface area contributed by atoms with Crippen LogP contribution in [0.2, 0.25) is 5.02 Å². The van der Waals surface area contributed by atoms with Gasteiger partial charge in [0.25, 0.3) is 10.1 Å². The average molecular weight is 470 g/mol. The number of halogens is 3. The Kier molecular flexibility index (Phi) is 6.07. The summed E-state index contributed by atoms with van der Waals surface area (Å²) in [7, 11) is -4.00. The lowest BCUT2D eigenvalue weighted by molar-refractivity contribution is -0.0206. The first kappa shape index (κ1) is 21.8. The highest BCUT2D eigenvalue weighted by Gasteiger charge is 2.45. The quantitative estimate of drug-likeness (QED) is 0.492. The summed E-state index contributed by atoms with van der Waals surface area (Å²) >= 11 is 5.80. The summed E-state index contributed by atoms with van der Waals surface area (Å²) < 4.78 is 65.6. The van der Waals surface area contributed by atoms with Gasteiger partial charge in [0, 0.05) is 22.6 Å². The lowest BCUT2D eigenvalue weighted by Gasteiger charge is -2.29. The van der Waals surface area contributed by atoms with Crippen LogP contribution in [0.5, 0.6) is 0 Å². The fraction of sp³-hybridized carbons (Fsp3) is 0.300. The Bertz CT molecular complexity index is 1160. The topological polar surface area (TPSA) is 83.3 Å². The molecule has 2 aromatic carbocycles. The second-order valence-electron chi connectivity index (χ2n) is 7.29. The van der Waals surface area contributed by atoms with E-state index >= 15 is 0 Å². The Morgan fingerprint density at radius 2 is 2.00 bits per heavy atom. The smallest absolute Gasteiger partial charge is 0.296 e. The van der Waals surface area contributed by atoms with Crippen molar-refractivity contribution in [3.8, 4) is 0 Å². The minimum Gasteiger partial charge on any atom is -0.368 e. The van der Waals surface area contributed by atoms with Crippen molar-refractivity contribution in [2.75, 3.05) is 13.2 Å². The molecular weight excluding hydrogens is 452 g/mol. The Labute approximate surface area is 182 Å². The van der Waals surface area contributed by atoms with Crippen molar-refractivity contribution in [3.63, 3.8) is 0 Å². The predicted octanol–water partition coefficient (Wildman–Crippen LogP) is 3.55. The Morgan fingerprint density at radius 3 is 2.68 bits per heavy atom. The van der Waals surface area contributed by atoms with Crippen LogP contribution >= 0.6 is 11.6 Å². The largest absolute Gasteiger partial charge is 0.368 e. The summed E-state index contributed by atoms with van der Waals surface area (Å²) in [6.07, 6.45) is 3.04. The van der Waals surface area contributed by atoms with Crippen LogP contribution in [0.25, 0.3) is 0 Å². The molecule has 31 heavy (non-hydrogen) atoms. The van der Waals surface area contributed by atoms with Crippen molar-refractivity contribution in [2.24, 2.45) is 5.92 Å². The summed E-state index contributed by atoms with van der Waals surface area (Å²) in [5, 5.41) is 4.45. The molecule has 0 amide bonds. The van der Waals surface area contributed by atoms with Gasteiger partial charge in [0.2, 0.25) is 0 Å². The molecule has 0 N–H and O–H groups in total. The molecule has 0 spiro atoms. The van der Waals surface area contributed by atoms with Gasteiger partial charge in [-0.2, -0.15) is 13.5 Å². The van der Waals surface area contributed by atoms with E-state index in [4.69, 9.17) is 20.5 Å². The van der Waals surface area contributed by atoms with Crippen molar-refractivity contribution < 1.29 is 26.1 Å². The number of rotatable bonds is 7. The third-order valence-corrected chi connectivity index (χ3v) is 6.63. The molecule has 1 saturated heterocycles. The fourth-order valence-electron chi connectivity index (χ4n) is 3.64. The molecule has 164 valence electrons. The zero-order valence-electron chi connectivity index (χ0n) is 16.1. The molecule has 1 aliphatic heterocycles. The minimum absolute atomic E-state index is 0.0192. The standard InChI is InChI=1S/C20H18ClF2N3O4S/c21-15-1-4-17(5-2-15)31(27,28)30-10-14-8-20(29-9-14,11-26-13-24-12-25-26)18-6-3-16(22)7-19(18)23/h1-7,12-14H,8-11H2/t14-,20-/m1/s1. The molecule has 4 rings (SSSR count). The molecule has 1 aliphatic rings. The van der Waals surface area contributed by atoms with Crippen LogP contribution in [0.3, 0.4) is 0 Å². The molecular formula is C20H18ClF2N3O4S. The minimum atomic E-state index is -4.00. The van der Waals surface area contributed by atoms with Crippen molar-refractivity contribution in [1.29, 1.82) is 0 Å². The lowest BCUT2D eigenvalue weighted by atomic mass is 9.87. The molecule has 0 bridgehead atoms. The van der Waals surface area contributed by atoms with Crippen LogP contribution in [0.4, 0.5) is 8.78 Å². The lowest BCUT2D eigenvalue weighted by Crippen LogP contribution is -2.32. The first-order chi connectivity index (χ1) is 14.8. The first-order valence-electron chi connectivity index (χ1n) is 9.34. The Hall–Kier alpha value is -2.40. The van der Waals surface area contributed by atoms with Gasteiger partial charge >= 0.3 is 0 Å². The van der Waals surface area contributed by atoms with Crippen LogP contribution in [0, 0.1) is 17.6 Å². The van der Waals surface area contributed by atoms with Crippen LogP contribution in [-0.2, 0) is 31.2 Å². The summed E-state index contributed by atoms with van der Waals surface area (Å²) in [4.78, 5) is 3.86. The molecule has 2 atom stereocenters. The van der Waals surface area contributed by atoms with Gasteiger partial charge in [0.1, 0.15) is 29.9 Å². The number of hydrogen-bond donors (Lipinski definition) is 0. The number of ether oxygens (including phenoxy) is 1. The van der Waals surface area contributed by atoms with E-state index in [1.807, 2.05) is 0 Å². The van der Waals surface area contributed by atoms with Crippen molar-refractivity contribution in [2.45, 2.75) is 23.5 Å². The third kappa shape index (κ3) is 4.77. The zero-order valence-corrected chi connectivity index (χ0v) is 17.7. The van der Waals surface area contributed by atoms with Crippen molar-refractivity contribution in [1.82, 2.24) is 14.8 Å². The van der Waals surface area contributed by atoms with Crippen LogP contribution in [0.1, 0.15) is 12.0 Å². The molecule has 1 fully saturated rings. The van der Waals surface area contributed by atoms with Gasteiger partial charge in [-0.05, 0) is 36.8 Å². The van der Waals surface area contributed by atoms with E-state index in [9.17, 15) is 17.2 Å². The molecule has 2 heterocycles. The molecule has 7 nitrogen and oxygen atoms in total. The third-order valence-electron chi connectivity index (χ3n) is 5.08. The van der Waals surface area contributed by atoms with Crippen molar-refractivity contribution >= 4 is 21.7 Å². The van der Waals surface area contributed by atoms with E-state index < -0.39 is 27.4 Å². The van der Waals surface area contributed by atoms with E-state index in [1.54, 1.807) is 0 Å². The summed E-state index contributed by atoms with van der Waals surface area (Å²) in [6, 6.07) is 8.89. The van der Waals surface area contributed by atoms with Crippen LogP contribution < -0.4 is 0 Å². The number of aromatic nitrogens is 3. The van der Waals surface area contributed by atoms with Gasteiger partial charge in [-0.15, -0.1) is 0 Å². The molecule has 0 radical (unpaired) electrons. The van der Waals surface area contributed by atoms with E-state index in [1.165, 1.54) is 47.7 Å². The van der Waals surface area contributed by atoms with Crippen molar-refractivity contribution in [3.05, 3.63) is 77.3 Å². The monoisotopic (exact) mass is 469 g/mol. The molecule has 11 heteroatoms. The normalized spacial score (nSPS) is 21.5. The number of benzene rings is 2. The van der Waals surface area contributed by atoms with E-state index in [-0.39, 0.29) is 42.6 Å². The number of nitrogens with zero attached hydrogens (tertiary/aromatic N) is 3. The maximum Gasteiger partial charge on any atom is 0.296 e. The summed E-state index contributed by atoms with van der Waals surface area (Å²) in [5.41, 5.74) is -1.02. The maximum absolute atomic E-state index is 14.6. The first-order valence-corrected chi connectivity index (χ1v) is 11.1. The second-order valence-corrected chi connectivity index (χ2v) is 9.34. The molecule has 0 saturated carbocycles. The Morgan fingerprint density at radius 1 is 1.23 bits per heavy atom. The van der Waals surface area contributed by atoms with Crippen LogP contribution in [0.15, 0.2) is 60.0 Å². The highest BCUT2D eigenvalue weighted by Crippen LogP contribution is 2.42. The van der Waals surface area contributed by atoms with Gasteiger partial charge in [0.15, 0.2) is 0 Å². The SMILES string of the molecule is O=S(=O)(OC[C@H]1CO[C@](Cn2cncn2)(c2ccc(F)cc2F)C1)c1ccc(Cl)cc1. The molecule has 1 aromatic heterocycles. The van der Waals surface area contributed by atoms with Gasteiger partial charge in [-0.3, -0.25) is 4.18 Å². The molecule has 0 unspecified atom stereocenters. The summed E-state index contributed by atoms with van der Waals surface area (Å²) in [6.45, 7) is 0.0878.